The van der Waals surface area contributed by atoms with E-state index in [2.05, 4.69) is 33.4 Å². The molecule has 0 radical (unpaired) electrons. The van der Waals surface area contributed by atoms with Gasteiger partial charge in [-0.1, -0.05) is 28.1 Å². The van der Waals surface area contributed by atoms with Crippen LogP contribution in [0, 0.1) is 37.5 Å². The van der Waals surface area contributed by atoms with Crippen LogP contribution in [0.25, 0.3) is 0 Å². The highest BCUT2D eigenvalue weighted by atomic mass is 79.9. The number of likely N-dealkylation sites (tertiary alicyclic amines) is 1. The fourth-order valence-corrected chi connectivity index (χ4v) is 4.87. The number of hydrogen-bond donors (Lipinski definition) is 1. The molecule has 1 aliphatic heterocycles. The van der Waals surface area contributed by atoms with E-state index in [1.807, 2.05) is 26.0 Å². The number of allylic oxidation sites excluding steroid dienone is 2. The number of rotatable bonds is 4. The third kappa shape index (κ3) is 2.71. The Labute approximate surface area is 160 Å². The van der Waals surface area contributed by atoms with Gasteiger partial charge in [-0.25, -0.2) is 0 Å². The van der Waals surface area contributed by atoms with E-state index in [1.54, 1.807) is 0 Å². The van der Waals surface area contributed by atoms with Crippen molar-refractivity contribution in [3.05, 3.63) is 39.9 Å². The molecule has 2 bridgehead atoms. The summed E-state index contributed by atoms with van der Waals surface area (Å²) < 4.78 is 1.03. The van der Waals surface area contributed by atoms with Crippen molar-refractivity contribution in [3.63, 3.8) is 0 Å². The highest BCUT2D eigenvalue weighted by Gasteiger charge is 2.58. The number of carbonyl (C=O) groups is 3. The first-order valence-corrected chi connectivity index (χ1v) is 9.76. The Morgan fingerprint density at radius 3 is 2.19 bits per heavy atom. The Hall–Kier alpha value is -1.95. The summed E-state index contributed by atoms with van der Waals surface area (Å²) in [5.41, 5.74) is 2.81. The molecule has 3 amide bonds. The van der Waals surface area contributed by atoms with Crippen LogP contribution in [0.1, 0.15) is 24.0 Å². The summed E-state index contributed by atoms with van der Waals surface area (Å²) in [5.74, 6) is -0.373. The maximum absolute atomic E-state index is 12.6. The van der Waals surface area contributed by atoms with Gasteiger partial charge in [-0.2, -0.15) is 0 Å². The van der Waals surface area contributed by atoms with Crippen LogP contribution in [0.2, 0.25) is 0 Å². The Morgan fingerprint density at radius 2 is 1.65 bits per heavy atom. The lowest BCUT2D eigenvalue weighted by Gasteiger charge is -2.17. The van der Waals surface area contributed by atoms with Gasteiger partial charge >= 0.3 is 0 Å². The Balaban J connectivity index is 1.38. The summed E-state index contributed by atoms with van der Waals surface area (Å²) in [7, 11) is 0. The van der Waals surface area contributed by atoms with E-state index in [1.165, 1.54) is 4.90 Å². The summed E-state index contributed by atoms with van der Waals surface area (Å²) in [4.78, 5) is 38.8. The summed E-state index contributed by atoms with van der Waals surface area (Å²) in [6, 6.07) is 3.80. The number of nitrogens with one attached hydrogen (secondary N) is 1. The second-order valence-electron chi connectivity index (χ2n) is 7.55. The normalized spacial score (nSPS) is 28.8. The molecule has 26 heavy (non-hydrogen) atoms. The van der Waals surface area contributed by atoms with E-state index in [-0.39, 0.29) is 54.4 Å². The van der Waals surface area contributed by atoms with E-state index in [4.69, 9.17) is 0 Å². The van der Waals surface area contributed by atoms with Crippen molar-refractivity contribution in [1.29, 1.82) is 0 Å². The molecule has 1 saturated heterocycles. The molecule has 1 heterocycles. The van der Waals surface area contributed by atoms with Crippen molar-refractivity contribution in [1.82, 2.24) is 4.90 Å². The topological polar surface area (TPSA) is 66.5 Å². The smallest absolute Gasteiger partial charge is 0.233 e. The summed E-state index contributed by atoms with van der Waals surface area (Å²) in [6.07, 6.45) is 5.19. The Bertz CT molecular complexity index is 794. The zero-order chi connectivity index (χ0) is 18.6. The van der Waals surface area contributed by atoms with Gasteiger partial charge in [0.05, 0.1) is 11.8 Å². The predicted molar refractivity (Wildman–Crippen MR) is 101 cm³/mol. The molecular formula is C20H21BrN2O3. The van der Waals surface area contributed by atoms with Crippen LogP contribution in [0.5, 0.6) is 0 Å². The molecule has 4 atom stereocenters. The van der Waals surface area contributed by atoms with Crippen LogP contribution in [0.4, 0.5) is 5.69 Å². The zero-order valence-corrected chi connectivity index (χ0v) is 16.4. The SMILES string of the molecule is Cc1cc(NC(=O)CCN2C(=O)C3C4C=CC(C4)C3C2=O)cc(C)c1Br. The number of aryl methyl sites for hydroxylation is 2. The van der Waals surface area contributed by atoms with E-state index < -0.39 is 0 Å². The zero-order valence-electron chi connectivity index (χ0n) is 14.8. The van der Waals surface area contributed by atoms with Crippen molar-refractivity contribution in [2.75, 3.05) is 11.9 Å². The minimum absolute atomic E-state index is 0.0972. The monoisotopic (exact) mass is 416 g/mol. The predicted octanol–water partition coefficient (Wildman–Crippen LogP) is 3.20. The highest BCUT2D eigenvalue weighted by Crippen LogP contribution is 2.52. The average molecular weight is 417 g/mol. The van der Waals surface area contributed by atoms with E-state index in [0.29, 0.717) is 0 Å². The van der Waals surface area contributed by atoms with Gasteiger partial charge in [0.25, 0.3) is 0 Å². The quantitative estimate of drug-likeness (QED) is 0.605. The number of carbonyl (C=O) groups excluding carboxylic acids is 3. The van der Waals surface area contributed by atoms with Crippen molar-refractivity contribution < 1.29 is 14.4 Å². The second-order valence-corrected chi connectivity index (χ2v) is 8.34. The van der Waals surface area contributed by atoms with Crippen LogP contribution in [-0.2, 0) is 14.4 Å². The third-order valence-corrected chi connectivity index (χ3v) is 7.10. The standard InChI is InChI=1S/C20H21BrN2O3/c1-10-7-14(8-11(2)18(10)21)22-15(24)5-6-23-19(25)16-12-3-4-13(9-12)17(16)20(23)26/h3-4,7-8,12-13,16-17H,5-6,9H2,1-2H3,(H,22,24). The molecule has 1 saturated carbocycles. The van der Waals surface area contributed by atoms with Crippen LogP contribution in [-0.4, -0.2) is 29.2 Å². The van der Waals surface area contributed by atoms with Crippen molar-refractivity contribution >= 4 is 39.3 Å². The lowest BCUT2D eigenvalue weighted by molar-refractivity contribution is -0.140. The summed E-state index contributed by atoms with van der Waals surface area (Å²) >= 11 is 3.51. The van der Waals surface area contributed by atoms with Crippen molar-refractivity contribution in [2.45, 2.75) is 26.7 Å². The van der Waals surface area contributed by atoms with Crippen LogP contribution in [0.3, 0.4) is 0 Å². The summed E-state index contributed by atoms with van der Waals surface area (Å²) in [6.45, 7) is 4.09. The van der Waals surface area contributed by atoms with Gasteiger partial charge in [0.2, 0.25) is 17.7 Å². The van der Waals surface area contributed by atoms with Gasteiger partial charge in [-0.15, -0.1) is 0 Å². The molecule has 0 spiro atoms. The number of fused-ring (bicyclic) bond motifs is 5. The van der Waals surface area contributed by atoms with Gasteiger partial charge in [0, 0.05) is 23.1 Å². The number of hydrogen-bond acceptors (Lipinski definition) is 3. The Kier molecular flexibility index (Phi) is 4.26. The number of anilines is 1. The Morgan fingerprint density at radius 1 is 1.12 bits per heavy atom. The molecule has 4 unspecified atom stereocenters. The number of benzene rings is 1. The molecule has 136 valence electrons. The third-order valence-electron chi connectivity index (χ3n) is 5.84. The van der Waals surface area contributed by atoms with Crippen LogP contribution < -0.4 is 5.32 Å². The second kappa shape index (κ2) is 6.34. The molecule has 2 fully saturated rings. The van der Waals surface area contributed by atoms with E-state index in [9.17, 15) is 14.4 Å². The number of amides is 3. The van der Waals surface area contributed by atoms with Gasteiger partial charge in [0.15, 0.2) is 0 Å². The minimum Gasteiger partial charge on any atom is -0.326 e. The van der Waals surface area contributed by atoms with E-state index in [0.717, 1.165) is 27.7 Å². The first-order chi connectivity index (χ1) is 12.4. The maximum Gasteiger partial charge on any atom is 0.233 e. The lowest BCUT2D eigenvalue weighted by atomic mass is 9.85. The molecule has 0 aromatic heterocycles. The molecule has 2 aliphatic carbocycles. The molecule has 3 aliphatic rings. The van der Waals surface area contributed by atoms with Gasteiger partial charge < -0.3 is 5.32 Å². The molecular weight excluding hydrogens is 396 g/mol. The van der Waals surface area contributed by atoms with Crippen LogP contribution >= 0.6 is 15.9 Å². The van der Waals surface area contributed by atoms with Gasteiger partial charge in [-0.05, 0) is 55.4 Å². The fraction of sp³-hybridized carbons (Fsp3) is 0.450. The first-order valence-electron chi connectivity index (χ1n) is 8.97. The number of halogens is 1. The minimum atomic E-state index is -0.197. The fourth-order valence-electron chi connectivity index (χ4n) is 4.64. The maximum atomic E-state index is 12.6. The molecule has 4 rings (SSSR count). The molecule has 1 N–H and O–H groups in total. The average Bonchev–Trinajstić information content (AvgIpc) is 3.26. The molecule has 1 aromatic carbocycles. The molecule has 1 aromatic rings. The lowest BCUT2D eigenvalue weighted by Crippen LogP contribution is -2.35. The largest absolute Gasteiger partial charge is 0.326 e. The highest BCUT2D eigenvalue weighted by molar-refractivity contribution is 9.10. The summed E-state index contributed by atoms with van der Waals surface area (Å²) in [5, 5.41) is 2.86. The molecule has 6 heteroatoms. The van der Waals surface area contributed by atoms with Crippen molar-refractivity contribution in [3.8, 4) is 0 Å². The van der Waals surface area contributed by atoms with Crippen molar-refractivity contribution in [2.24, 2.45) is 23.7 Å². The number of nitrogens with zero attached hydrogens (tertiary/aromatic N) is 1. The van der Waals surface area contributed by atoms with Gasteiger partial charge in [0.1, 0.15) is 0 Å². The molecule has 5 nitrogen and oxygen atoms in total. The van der Waals surface area contributed by atoms with Gasteiger partial charge in [-0.3, -0.25) is 19.3 Å². The van der Waals surface area contributed by atoms with E-state index >= 15 is 0 Å². The van der Waals surface area contributed by atoms with Crippen LogP contribution in [0.15, 0.2) is 28.8 Å². The number of imide groups is 1. The first kappa shape index (κ1) is 17.5.